The molecule has 0 radical (unpaired) electrons. The minimum Gasteiger partial charge on any atom is -0.507 e. The molecular formula is C26H24N2O4. The number of anilines is 1. The molecule has 2 heterocycles. The van der Waals surface area contributed by atoms with E-state index in [2.05, 4.69) is 4.98 Å². The molecule has 0 bridgehead atoms. The van der Waals surface area contributed by atoms with Gasteiger partial charge < -0.3 is 9.84 Å². The lowest BCUT2D eigenvalue weighted by molar-refractivity contribution is -0.132. The summed E-state index contributed by atoms with van der Waals surface area (Å²) in [5.41, 5.74) is 3.59. The molecule has 1 aliphatic rings. The molecule has 0 aliphatic carbocycles. The lowest BCUT2D eigenvalue weighted by Crippen LogP contribution is -2.30. The molecule has 3 aromatic rings. The summed E-state index contributed by atoms with van der Waals surface area (Å²) in [6.07, 6.45) is 3.21. The van der Waals surface area contributed by atoms with Crippen molar-refractivity contribution in [2.24, 2.45) is 0 Å². The van der Waals surface area contributed by atoms with Gasteiger partial charge >= 0.3 is 0 Å². The molecule has 0 spiro atoms. The number of hydrogen-bond acceptors (Lipinski definition) is 5. The molecule has 1 unspecified atom stereocenters. The number of hydrogen-bond donors (Lipinski definition) is 1. The summed E-state index contributed by atoms with van der Waals surface area (Å²) in [5.74, 6) is -1.07. The standard InChI is InChI=1S/C26H24N2O4/c1-4-32-20-7-5-6-19(15-20)24(29)22-23(18-10-12-27-13-11-18)28(26(31)25(22)30)21-14-16(2)8-9-17(21)3/h5-15,23,29H,4H2,1-3H3/b24-22+. The number of aliphatic hydroxyl groups is 1. The van der Waals surface area contributed by atoms with Gasteiger partial charge in [0.2, 0.25) is 0 Å². The first-order valence-electron chi connectivity index (χ1n) is 10.4. The Morgan fingerprint density at radius 3 is 2.53 bits per heavy atom. The number of amides is 1. The van der Waals surface area contributed by atoms with Crippen molar-refractivity contribution < 1.29 is 19.4 Å². The number of ketones is 1. The maximum atomic E-state index is 13.3. The second-order valence-corrected chi connectivity index (χ2v) is 7.70. The number of Topliss-reactive ketones (excluding diaryl/α,β-unsaturated/α-hetero) is 1. The molecule has 1 amide bonds. The maximum absolute atomic E-state index is 13.3. The molecule has 4 rings (SSSR count). The molecule has 32 heavy (non-hydrogen) atoms. The number of aromatic nitrogens is 1. The van der Waals surface area contributed by atoms with Gasteiger partial charge in [0.25, 0.3) is 11.7 Å². The number of ether oxygens (including phenoxy) is 1. The van der Waals surface area contributed by atoms with Gasteiger partial charge in [-0.1, -0.05) is 24.3 Å². The van der Waals surface area contributed by atoms with E-state index in [1.807, 2.05) is 39.0 Å². The van der Waals surface area contributed by atoms with E-state index >= 15 is 0 Å². The van der Waals surface area contributed by atoms with Gasteiger partial charge in [-0.2, -0.15) is 0 Å². The van der Waals surface area contributed by atoms with Gasteiger partial charge in [-0.3, -0.25) is 19.5 Å². The van der Waals surface area contributed by atoms with Crippen molar-refractivity contribution in [3.8, 4) is 5.75 Å². The first-order valence-corrected chi connectivity index (χ1v) is 10.4. The number of pyridine rings is 1. The fraction of sp³-hybridized carbons (Fsp3) is 0.192. The predicted molar refractivity (Wildman–Crippen MR) is 123 cm³/mol. The van der Waals surface area contributed by atoms with E-state index in [0.29, 0.717) is 29.2 Å². The SMILES string of the molecule is CCOc1cccc(/C(O)=C2\C(=O)C(=O)N(c3cc(C)ccc3C)C2c2ccncc2)c1. The van der Waals surface area contributed by atoms with E-state index in [9.17, 15) is 14.7 Å². The molecule has 1 fully saturated rings. The van der Waals surface area contributed by atoms with Crippen molar-refractivity contribution in [3.63, 3.8) is 0 Å². The van der Waals surface area contributed by atoms with Gasteiger partial charge in [0.15, 0.2) is 0 Å². The van der Waals surface area contributed by atoms with Gasteiger partial charge in [0.1, 0.15) is 11.5 Å². The van der Waals surface area contributed by atoms with E-state index in [0.717, 1.165) is 11.1 Å². The van der Waals surface area contributed by atoms with Gasteiger partial charge in [0.05, 0.1) is 18.2 Å². The van der Waals surface area contributed by atoms with E-state index in [1.54, 1.807) is 48.8 Å². The molecule has 1 saturated heterocycles. The van der Waals surface area contributed by atoms with Crippen molar-refractivity contribution in [1.82, 2.24) is 4.98 Å². The zero-order valence-electron chi connectivity index (χ0n) is 18.2. The second kappa shape index (κ2) is 8.67. The van der Waals surface area contributed by atoms with Crippen LogP contribution in [-0.4, -0.2) is 28.4 Å². The van der Waals surface area contributed by atoms with Crippen LogP contribution < -0.4 is 9.64 Å². The molecular weight excluding hydrogens is 404 g/mol. The van der Waals surface area contributed by atoms with Crippen LogP contribution in [0.5, 0.6) is 5.75 Å². The Bertz CT molecular complexity index is 1220. The highest BCUT2D eigenvalue weighted by Crippen LogP contribution is 2.43. The minimum atomic E-state index is -0.783. The highest BCUT2D eigenvalue weighted by atomic mass is 16.5. The summed E-state index contributed by atoms with van der Waals surface area (Å²) in [6, 6.07) is 15.3. The Labute approximate surface area is 186 Å². The monoisotopic (exact) mass is 428 g/mol. The minimum absolute atomic E-state index is 0.0377. The molecule has 1 aliphatic heterocycles. The van der Waals surface area contributed by atoms with Gasteiger partial charge in [-0.25, -0.2) is 0 Å². The highest BCUT2D eigenvalue weighted by molar-refractivity contribution is 6.51. The third-order valence-electron chi connectivity index (χ3n) is 5.51. The van der Waals surface area contributed by atoms with Crippen molar-refractivity contribution in [2.75, 3.05) is 11.5 Å². The first kappa shape index (κ1) is 21.3. The fourth-order valence-electron chi connectivity index (χ4n) is 3.98. The summed E-state index contributed by atoms with van der Waals surface area (Å²) in [7, 11) is 0. The van der Waals surface area contributed by atoms with Crippen LogP contribution in [0.15, 0.2) is 72.6 Å². The van der Waals surface area contributed by atoms with Crippen LogP contribution in [0.3, 0.4) is 0 Å². The van der Waals surface area contributed by atoms with Gasteiger partial charge in [-0.05, 0) is 67.8 Å². The highest BCUT2D eigenvalue weighted by Gasteiger charge is 2.47. The number of nitrogens with zero attached hydrogens (tertiary/aromatic N) is 2. The van der Waals surface area contributed by atoms with Gasteiger partial charge in [-0.15, -0.1) is 0 Å². The molecule has 6 heteroatoms. The summed E-state index contributed by atoms with van der Waals surface area (Å²) in [4.78, 5) is 32.0. The average Bonchev–Trinajstić information content (AvgIpc) is 3.06. The normalized spacial score (nSPS) is 17.6. The molecule has 1 N–H and O–H groups in total. The summed E-state index contributed by atoms with van der Waals surface area (Å²) in [5, 5.41) is 11.2. The van der Waals surface area contributed by atoms with E-state index in [1.165, 1.54) is 4.90 Å². The summed E-state index contributed by atoms with van der Waals surface area (Å²) >= 11 is 0. The predicted octanol–water partition coefficient (Wildman–Crippen LogP) is 4.72. The van der Waals surface area contributed by atoms with Crippen molar-refractivity contribution in [3.05, 3.63) is 94.8 Å². The van der Waals surface area contributed by atoms with Crippen LogP contribution in [-0.2, 0) is 9.59 Å². The average molecular weight is 428 g/mol. The third-order valence-corrected chi connectivity index (χ3v) is 5.51. The van der Waals surface area contributed by atoms with Crippen LogP contribution in [0, 0.1) is 13.8 Å². The van der Waals surface area contributed by atoms with Crippen molar-refractivity contribution in [1.29, 1.82) is 0 Å². The topological polar surface area (TPSA) is 79.7 Å². The quantitative estimate of drug-likeness (QED) is 0.361. The maximum Gasteiger partial charge on any atom is 0.300 e. The van der Waals surface area contributed by atoms with E-state index in [4.69, 9.17) is 4.74 Å². The van der Waals surface area contributed by atoms with Crippen LogP contribution in [0.25, 0.3) is 5.76 Å². The molecule has 162 valence electrons. The second-order valence-electron chi connectivity index (χ2n) is 7.70. The lowest BCUT2D eigenvalue weighted by atomic mass is 9.95. The van der Waals surface area contributed by atoms with E-state index < -0.39 is 17.7 Å². The Morgan fingerprint density at radius 2 is 1.81 bits per heavy atom. The number of benzene rings is 2. The number of rotatable bonds is 5. The zero-order chi connectivity index (χ0) is 22.8. The third kappa shape index (κ3) is 3.75. The van der Waals surface area contributed by atoms with Crippen LogP contribution in [0.2, 0.25) is 0 Å². The Balaban J connectivity index is 1.94. The summed E-state index contributed by atoms with van der Waals surface area (Å²) in [6.45, 7) is 6.16. The molecule has 1 aromatic heterocycles. The van der Waals surface area contributed by atoms with Crippen molar-refractivity contribution in [2.45, 2.75) is 26.8 Å². The Kier molecular flexibility index (Phi) is 5.77. The zero-order valence-corrected chi connectivity index (χ0v) is 18.2. The van der Waals surface area contributed by atoms with Crippen LogP contribution >= 0.6 is 0 Å². The summed E-state index contributed by atoms with van der Waals surface area (Å²) < 4.78 is 5.53. The molecule has 1 atom stereocenters. The number of aliphatic hydroxyl groups excluding tert-OH is 1. The molecule has 6 nitrogen and oxygen atoms in total. The number of carbonyl (C=O) groups is 2. The van der Waals surface area contributed by atoms with Crippen molar-refractivity contribution >= 4 is 23.1 Å². The van der Waals surface area contributed by atoms with Gasteiger partial charge in [0, 0.05) is 23.6 Å². The Hall–Kier alpha value is -3.93. The molecule has 0 saturated carbocycles. The smallest absolute Gasteiger partial charge is 0.300 e. The molecule has 2 aromatic carbocycles. The number of carbonyl (C=O) groups excluding carboxylic acids is 2. The van der Waals surface area contributed by atoms with E-state index in [-0.39, 0.29) is 11.3 Å². The lowest BCUT2D eigenvalue weighted by Gasteiger charge is -2.27. The number of aryl methyl sites for hydroxylation is 2. The van der Waals surface area contributed by atoms with Crippen LogP contribution in [0.4, 0.5) is 5.69 Å². The largest absolute Gasteiger partial charge is 0.507 e. The van der Waals surface area contributed by atoms with Crippen LogP contribution in [0.1, 0.15) is 35.2 Å². The fourth-order valence-corrected chi connectivity index (χ4v) is 3.98. The Morgan fingerprint density at radius 1 is 1.06 bits per heavy atom. The first-order chi connectivity index (χ1) is 15.4.